The highest BCUT2D eigenvalue weighted by atomic mass is 16.2. The van der Waals surface area contributed by atoms with E-state index in [4.69, 9.17) is 5.73 Å². The molecule has 0 aliphatic heterocycles. The van der Waals surface area contributed by atoms with Gasteiger partial charge in [0, 0.05) is 6.21 Å². The number of hydrazone groups is 1. The minimum atomic E-state index is -0.663. The van der Waals surface area contributed by atoms with Gasteiger partial charge < -0.3 is 5.73 Å². The molecule has 66 valence electrons. The molecule has 0 fully saturated rings. The van der Waals surface area contributed by atoms with Crippen molar-refractivity contribution in [2.45, 2.75) is 13.3 Å². The standard InChI is InChI=1S/C8H13N3O/c1-2-3-4-5-6-7-10-11-8(9)12/h3-7H,2H2,1H3,(H3,9,11,12)/b4-3+,6-5+,10-7+. The number of carbonyl (C=O) groups is 1. The summed E-state index contributed by atoms with van der Waals surface area (Å²) in [5.74, 6) is 0. The molecule has 0 aliphatic rings. The van der Waals surface area contributed by atoms with Gasteiger partial charge in [-0.05, 0) is 12.5 Å². The van der Waals surface area contributed by atoms with E-state index in [1.54, 1.807) is 6.08 Å². The molecule has 4 heteroatoms. The number of rotatable bonds is 4. The zero-order valence-electron chi connectivity index (χ0n) is 7.03. The van der Waals surface area contributed by atoms with Gasteiger partial charge in [0.05, 0.1) is 0 Å². The van der Waals surface area contributed by atoms with E-state index < -0.39 is 6.03 Å². The van der Waals surface area contributed by atoms with E-state index in [9.17, 15) is 4.79 Å². The molecule has 4 nitrogen and oxygen atoms in total. The molecule has 0 unspecified atom stereocenters. The van der Waals surface area contributed by atoms with Crippen molar-refractivity contribution in [3.05, 3.63) is 24.3 Å². The lowest BCUT2D eigenvalue weighted by atomic mass is 10.4. The van der Waals surface area contributed by atoms with E-state index in [2.05, 4.69) is 10.5 Å². The number of hydrogen-bond acceptors (Lipinski definition) is 2. The molecule has 0 spiro atoms. The van der Waals surface area contributed by atoms with Crippen LogP contribution in [0.2, 0.25) is 0 Å². The molecule has 0 saturated carbocycles. The summed E-state index contributed by atoms with van der Waals surface area (Å²) in [6, 6.07) is -0.663. The Bertz CT molecular complexity index is 206. The molecule has 0 aromatic carbocycles. The van der Waals surface area contributed by atoms with Gasteiger partial charge in [-0.15, -0.1) is 0 Å². The smallest absolute Gasteiger partial charge is 0.332 e. The van der Waals surface area contributed by atoms with Crippen molar-refractivity contribution in [1.29, 1.82) is 0 Å². The van der Waals surface area contributed by atoms with Crippen LogP contribution in [0.5, 0.6) is 0 Å². The summed E-state index contributed by atoms with van der Waals surface area (Å²) in [6.07, 6.45) is 9.87. The Labute approximate surface area is 71.8 Å². The zero-order chi connectivity index (χ0) is 9.23. The van der Waals surface area contributed by atoms with Crippen LogP contribution in [0.25, 0.3) is 0 Å². The third kappa shape index (κ3) is 8.42. The van der Waals surface area contributed by atoms with E-state index in [0.717, 1.165) is 6.42 Å². The molecule has 0 saturated heterocycles. The molecular weight excluding hydrogens is 154 g/mol. The predicted molar refractivity (Wildman–Crippen MR) is 49.8 cm³/mol. The minimum absolute atomic E-state index is 0.663. The molecule has 0 aromatic rings. The third-order valence-electron chi connectivity index (χ3n) is 0.929. The van der Waals surface area contributed by atoms with Gasteiger partial charge in [0.25, 0.3) is 0 Å². The highest BCUT2D eigenvalue weighted by molar-refractivity contribution is 5.76. The van der Waals surface area contributed by atoms with Crippen LogP contribution in [-0.4, -0.2) is 12.2 Å². The van der Waals surface area contributed by atoms with Gasteiger partial charge in [0.2, 0.25) is 0 Å². The number of urea groups is 1. The number of hydrogen-bond donors (Lipinski definition) is 2. The van der Waals surface area contributed by atoms with Gasteiger partial charge in [0.1, 0.15) is 0 Å². The minimum Gasteiger partial charge on any atom is -0.350 e. The topological polar surface area (TPSA) is 67.5 Å². The van der Waals surface area contributed by atoms with Crippen molar-refractivity contribution in [3.8, 4) is 0 Å². The van der Waals surface area contributed by atoms with Crippen LogP contribution < -0.4 is 11.2 Å². The second-order valence-corrected chi connectivity index (χ2v) is 1.98. The number of allylic oxidation sites excluding steroid dienone is 4. The van der Waals surface area contributed by atoms with E-state index in [1.165, 1.54) is 6.21 Å². The summed E-state index contributed by atoms with van der Waals surface area (Å²) >= 11 is 0. The first-order valence-corrected chi connectivity index (χ1v) is 3.67. The van der Waals surface area contributed by atoms with E-state index in [-0.39, 0.29) is 0 Å². The Kier molecular flexibility index (Phi) is 6.54. The molecule has 0 aliphatic carbocycles. The summed E-state index contributed by atoms with van der Waals surface area (Å²) in [5.41, 5.74) is 6.82. The van der Waals surface area contributed by atoms with Gasteiger partial charge in [-0.2, -0.15) is 5.10 Å². The molecule has 0 aromatic heterocycles. The van der Waals surface area contributed by atoms with Crippen LogP contribution in [0, 0.1) is 0 Å². The summed E-state index contributed by atoms with van der Waals surface area (Å²) in [7, 11) is 0. The van der Waals surface area contributed by atoms with Gasteiger partial charge in [0.15, 0.2) is 0 Å². The highest BCUT2D eigenvalue weighted by Crippen LogP contribution is 1.79. The van der Waals surface area contributed by atoms with Gasteiger partial charge in [-0.3, -0.25) is 0 Å². The summed E-state index contributed by atoms with van der Waals surface area (Å²) in [6.45, 7) is 2.05. The maximum absolute atomic E-state index is 10.1. The van der Waals surface area contributed by atoms with Gasteiger partial charge >= 0.3 is 6.03 Å². The van der Waals surface area contributed by atoms with Gasteiger partial charge in [-0.25, -0.2) is 10.2 Å². The van der Waals surface area contributed by atoms with Crippen LogP contribution >= 0.6 is 0 Å². The van der Waals surface area contributed by atoms with E-state index >= 15 is 0 Å². The Balaban J connectivity index is 3.52. The first-order valence-electron chi connectivity index (χ1n) is 3.67. The zero-order valence-corrected chi connectivity index (χ0v) is 7.03. The summed E-state index contributed by atoms with van der Waals surface area (Å²) in [5, 5.41) is 3.50. The van der Waals surface area contributed by atoms with Crippen LogP contribution in [-0.2, 0) is 0 Å². The molecule has 0 atom stereocenters. The van der Waals surface area contributed by atoms with Crippen LogP contribution in [0.3, 0.4) is 0 Å². The predicted octanol–water partition coefficient (Wildman–Crippen LogP) is 1.16. The lowest BCUT2D eigenvalue weighted by Crippen LogP contribution is -2.24. The van der Waals surface area contributed by atoms with Crippen molar-refractivity contribution >= 4 is 12.2 Å². The average Bonchev–Trinajstić information content (AvgIpc) is 2.02. The normalized spacial score (nSPS) is 11.8. The molecule has 0 rings (SSSR count). The SMILES string of the molecule is CC/C=C/C=C/C=N/NC(N)=O. The fourth-order valence-corrected chi connectivity index (χ4v) is 0.472. The lowest BCUT2D eigenvalue weighted by Gasteiger charge is -1.86. The molecule has 12 heavy (non-hydrogen) atoms. The van der Waals surface area contributed by atoms with Crippen LogP contribution in [0.15, 0.2) is 29.4 Å². The van der Waals surface area contributed by atoms with E-state index in [0.29, 0.717) is 0 Å². The Morgan fingerprint density at radius 1 is 1.50 bits per heavy atom. The number of carbonyl (C=O) groups excluding carboxylic acids is 1. The van der Waals surface area contributed by atoms with Crippen molar-refractivity contribution in [2.75, 3.05) is 0 Å². The van der Waals surface area contributed by atoms with Crippen LogP contribution in [0.1, 0.15) is 13.3 Å². The second-order valence-electron chi connectivity index (χ2n) is 1.98. The number of nitrogens with one attached hydrogen (secondary N) is 1. The Hall–Kier alpha value is -1.58. The lowest BCUT2D eigenvalue weighted by molar-refractivity contribution is 0.249. The second kappa shape index (κ2) is 7.53. The van der Waals surface area contributed by atoms with Crippen molar-refractivity contribution in [3.63, 3.8) is 0 Å². The first-order chi connectivity index (χ1) is 5.77. The van der Waals surface area contributed by atoms with Gasteiger partial charge in [-0.1, -0.05) is 25.2 Å². The van der Waals surface area contributed by atoms with Crippen molar-refractivity contribution in [1.82, 2.24) is 5.43 Å². The molecule has 0 heterocycles. The number of nitrogens with two attached hydrogens (primary N) is 1. The first kappa shape index (κ1) is 10.4. The van der Waals surface area contributed by atoms with Crippen molar-refractivity contribution < 1.29 is 4.79 Å². The Morgan fingerprint density at radius 2 is 2.25 bits per heavy atom. The summed E-state index contributed by atoms with van der Waals surface area (Å²) < 4.78 is 0. The Morgan fingerprint density at radius 3 is 2.83 bits per heavy atom. The largest absolute Gasteiger partial charge is 0.350 e. The number of primary amides is 1. The number of nitrogens with zero attached hydrogens (tertiary/aromatic N) is 1. The fourth-order valence-electron chi connectivity index (χ4n) is 0.472. The third-order valence-corrected chi connectivity index (χ3v) is 0.929. The highest BCUT2D eigenvalue weighted by Gasteiger charge is 1.79. The average molecular weight is 167 g/mol. The maximum Gasteiger partial charge on any atom is 0.332 e. The number of amides is 2. The monoisotopic (exact) mass is 167 g/mol. The molecule has 0 bridgehead atoms. The quantitative estimate of drug-likeness (QED) is 0.368. The summed E-state index contributed by atoms with van der Waals surface area (Å²) in [4.78, 5) is 10.1. The molecule has 3 N–H and O–H groups in total. The molecule has 0 radical (unpaired) electrons. The fraction of sp³-hybridized carbons (Fsp3) is 0.250. The molecule has 2 amide bonds. The van der Waals surface area contributed by atoms with Crippen molar-refractivity contribution in [2.24, 2.45) is 10.8 Å². The van der Waals surface area contributed by atoms with Crippen LogP contribution in [0.4, 0.5) is 4.79 Å². The molecular formula is C8H13N3O. The maximum atomic E-state index is 10.1. The van der Waals surface area contributed by atoms with E-state index in [1.807, 2.05) is 25.2 Å².